The van der Waals surface area contributed by atoms with E-state index in [1.54, 1.807) is 29.8 Å². The molecule has 2 heterocycles. The van der Waals surface area contributed by atoms with E-state index in [-0.39, 0.29) is 5.82 Å². The van der Waals surface area contributed by atoms with Crippen LogP contribution in [0.25, 0.3) is 16.7 Å². The third kappa shape index (κ3) is 3.68. The number of nitrogen functional groups attached to an aromatic ring is 1. The molecule has 0 aliphatic rings. The molecule has 2 aromatic heterocycles. The second-order valence-corrected chi connectivity index (χ2v) is 7.01. The van der Waals surface area contributed by atoms with E-state index in [9.17, 15) is 18.7 Å². The molecule has 158 valence electrons. The number of nitrogens with zero attached hydrogens (tertiary/aromatic N) is 4. The molecule has 0 aliphatic carbocycles. The maximum absolute atomic E-state index is 13.8. The number of carbonyl (C=O) groups excluding carboxylic acids is 1. The van der Waals surface area contributed by atoms with Gasteiger partial charge in [0.1, 0.15) is 29.0 Å². The summed E-state index contributed by atoms with van der Waals surface area (Å²) in [6.45, 7) is 3.61. The molecule has 31 heavy (non-hydrogen) atoms. The van der Waals surface area contributed by atoms with Crippen LogP contribution in [0, 0.1) is 25.5 Å². The van der Waals surface area contributed by atoms with E-state index in [2.05, 4.69) is 20.4 Å². The highest BCUT2D eigenvalue weighted by Gasteiger charge is 2.22. The number of anilines is 2. The average molecular weight is 424 g/mol. The first-order chi connectivity index (χ1) is 14.8. The predicted octanol–water partition coefficient (Wildman–Crippen LogP) is 2.96. The van der Waals surface area contributed by atoms with Crippen LogP contribution in [0.5, 0.6) is 0 Å². The molecule has 0 saturated heterocycles. The van der Waals surface area contributed by atoms with Crippen molar-refractivity contribution >= 4 is 28.4 Å². The molecule has 0 aliphatic heterocycles. The zero-order valence-corrected chi connectivity index (χ0v) is 16.6. The van der Waals surface area contributed by atoms with E-state index in [0.29, 0.717) is 28.1 Å². The van der Waals surface area contributed by atoms with Gasteiger partial charge in [-0.2, -0.15) is 5.10 Å². The Bertz CT molecular complexity index is 1320. The molecule has 0 unspecified atom stereocenters. The first kappa shape index (κ1) is 20.4. The van der Waals surface area contributed by atoms with Crippen LogP contribution in [0.15, 0.2) is 42.7 Å². The Labute approximate surface area is 175 Å². The van der Waals surface area contributed by atoms with Crippen molar-refractivity contribution in [3.05, 3.63) is 71.2 Å². The number of nitrogens with one attached hydrogen (secondary N) is 1. The Balaban J connectivity index is 1.63. The monoisotopic (exact) mass is 424 g/mol. The fourth-order valence-corrected chi connectivity index (χ4v) is 3.33. The average Bonchev–Trinajstić information content (AvgIpc) is 3.07. The van der Waals surface area contributed by atoms with Crippen LogP contribution in [0.1, 0.15) is 22.9 Å². The third-order valence-electron chi connectivity index (χ3n) is 4.85. The first-order valence-corrected chi connectivity index (χ1v) is 9.27. The lowest BCUT2D eigenvalue weighted by Crippen LogP contribution is -2.22. The predicted molar refractivity (Wildman–Crippen MR) is 110 cm³/mol. The summed E-state index contributed by atoms with van der Waals surface area (Å²) in [7, 11) is 0. The fourth-order valence-electron chi connectivity index (χ4n) is 3.33. The molecule has 4 rings (SSSR count). The Hall–Kier alpha value is -3.92. The van der Waals surface area contributed by atoms with Crippen LogP contribution in [0.3, 0.4) is 0 Å². The van der Waals surface area contributed by atoms with Crippen molar-refractivity contribution in [1.29, 1.82) is 0 Å². The summed E-state index contributed by atoms with van der Waals surface area (Å²) in [6.07, 6.45) is -0.500. The van der Waals surface area contributed by atoms with Gasteiger partial charge in [0.2, 0.25) is 0 Å². The van der Waals surface area contributed by atoms with Crippen LogP contribution in [-0.4, -0.2) is 30.8 Å². The number of hydrogen-bond acceptors (Lipinski definition) is 6. The van der Waals surface area contributed by atoms with Crippen LogP contribution in [0.4, 0.5) is 20.3 Å². The Morgan fingerprint density at radius 1 is 1.16 bits per heavy atom. The van der Waals surface area contributed by atoms with Crippen molar-refractivity contribution < 1.29 is 18.7 Å². The minimum absolute atomic E-state index is 0.280. The summed E-state index contributed by atoms with van der Waals surface area (Å²) in [6, 6.07) is 7.50. The molecule has 1 atom stereocenters. The van der Waals surface area contributed by atoms with Gasteiger partial charge < -0.3 is 16.2 Å². The highest BCUT2D eigenvalue weighted by atomic mass is 19.1. The smallest absolute Gasteiger partial charge is 0.257 e. The summed E-state index contributed by atoms with van der Waals surface area (Å²) < 4.78 is 28.8. The van der Waals surface area contributed by atoms with Gasteiger partial charge in [0, 0.05) is 11.3 Å². The number of halogens is 2. The number of hydrogen-bond donors (Lipinski definition) is 3. The van der Waals surface area contributed by atoms with Crippen molar-refractivity contribution in [3.8, 4) is 5.69 Å². The first-order valence-electron chi connectivity index (χ1n) is 9.27. The maximum atomic E-state index is 13.8. The third-order valence-corrected chi connectivity index (χ3v) is 4.85. The van der Waals surface area contributed by atoms with Crippen LogP contribution >= 0.6 is 0 Å². The van der Waals surface area contributed by atoms with Crippen molar-refractivity contribution in [1.82, 2.24) is 19.7 Å². The van der Waals surface area contributed by atoms with Gasteiger partial charge >= 0.3 is 0 Å². The van der Waals surface area contributed by atoms with E-state index in [1.807, 2.05) is 6.92 Å². The standard InChI is InChI=1S/C21H18F2N6O2/c1-10-7-13(27-21(31)19(30)14-8-12(22)3-5-15(14)23)4-6-16(10)29-18-17(11(2)28-29)25-9-26-20(18)24/h3-9,19,30H,1-2H3,(H,27,31)(H2,24,25,26)/t19-/m1/s1. The summed E-state index contributed by atoms with van der Waals surface area (Å²) in [5, 5.41) is 17.1. The molecule has 0 saturated carbocycles. The van der Waals surface area contributed by atoms with Gasteiger partial charge in [0.25, 0.3) is 5.91 Å². The van der Waals surface area contributed by atoms with E-state index in [1.165, 1.54) is 6.33 Å². The van der Waals surface area contributed by atoms with Gasteiger partial charge in [0.05, 0.1) is 11.4 Å². The zero-order valence-electron chi connectivity index (χ0n) is 16.6. The number of aliphatic hydroxyl groups is 1. The fraction of sp³-hybridized carbons (Fsp3) is 0.143. The molecule has 4 N–H and O–H groups in total. The number of fused-ring (bicyclic) bond motifs is 1. The molecule has 0 fully saturated rings. The highest BCUT2D eigenvalue weighted by molar-refractivity contribution is 5.95. The number of aliphatic hydroxyl groups excluding tert-OH is 1. The van der Waals surface area contributed by atoms with Crippen molar-refractivity contribution in [2.24, 2.45) is 0 Å². The molecular weight excluding hydrogens is 406 g/mol. The normalized spacial score (nSPS) is 12.2. The Morgan fingerprint density at radius 3 is 2.68 bits per heavy atom. The topological polar surface area (TPSA) is 119 Å². The molecule has 10 heteroatoms. The molecule has 4 aromatic rings. The number of rotatable bonds is 4. The Morgan fingerprint density at radius 2 is 1.94 bits per heavy atom. The molecule has 1 amide bonds. The minimum atomic E-state index is -1.87. The zero-order chi connectivity index (χ0) is 22.3. The summed E-state index contributed by atoms with van der Waals surface area (Å²) in [4.78, 5) is 20.6. The largest absolute Gasteiger partial charge is 0.382 e. The number of aryl methyl sites for hydroxylation is 2. The van der Waals surface area contributed by atoms with Crippen molar-refractivity contribution in [2.75, 3.05) is 11.1 Å². The number of aromatic nitrogens is 4. The lowest BCUT2D eigenvalue weighted by molar-refractivity contribution is -0.124. The van der Waals surface area contributed by atoms with Crippen LogP contribution in [0.2, 0.25) is 0 Å². The lowest BCUT2D eigenvalue weighted by atomic mass is 10.1. The van der Waals surface area contributed by atoms with Crippen LogP contribution in [-0.2, 0) is 4.79 Å². The van der Waals surface area contributed by atoms with Gasteiger partial charge in [-0.1, -0.05) is 0 Å². The number of carbonyl (C=O) groups is 1. The van der Waals surface area contributed by atoms with Crippen molar-refractivity contribution in [3.63, 3.8) is 0 Å². The van der Waals surface area contributed by atoms with Gasteiger partial charge in [-0.25, -0.2) is 23.4 Å². The van der Waals surface area contributed by atoms with E-state index in [0.717, 1.165) is 23.8 Å². The van der Waals surface area contributed by atoms with Gasteiger partial charge in [-0.15, -0.1) is 0 Å². The Kier molecular flexibility index (Phi) is 5.07. The number of nitrogens with two attached hydrogens (primary N) is 1. The van der Waals surface area contributed by atoms with Gasteiger partial charge in [-0.05, 0) is 55.8 Å². The molecule has 0 radical (unpaired) electrons. The van der Waals surface area contributed by atoms with E-state index >= 15 is 0 Å². The number of benzene rings is 2. The molecule has 0 bridgehead atoms. The molecular formula is C21H18F2N6O2. The SMILES string of the molecule is Cc1cc(NC(=O)[C@H](O)c2cc(F)ccc2F)ccc1-n1nc(C)c2ncnc(N)c21. The second kappa shape index (κ2) is 7.73. The lowest BCUT2D eigenvalue weighted by Gasteiger charge is -2.14. The van der Waals surface area contributed by atoms with Crippen molar-refractivity contribution in [2.45, 2.75) is 20.0 Å². The maximum Gasteiger partial charge on any atom is 0.257 e. The number of amides is 1. The van der Waals surface area contributed by atoms with Crippen LogP contribution < -0.4 is 11.1 Å². The molecule has 0 spiro atoms. The molecule has 8 nitrogen and oxygen atoms in total. The molecule has 2 aromatic carbocycles. The summed E-state index contributed by atoms with van der Waals surface area (Å²) in [5.41, 5.74) is 9.23. The van der Waals surface area contributed by atoms with E-state index in [4.69, 9.17) is 5.73 Å². The second-order valence-electron chi connectivity index (χ2n) is 7.01. The minimum Gasteiger partial charge on any atom is -0.382 e. The highest BCUT2D eigenvalue weighted by Crippen LogP contribution is 2.27. The van der Waals surface area contributed by atoms with Gasteiger partial charge in [0.15, 0.2) is 11.9 Å². The quantitative estimate of drug-likeness (QED) is 0.463. The summed E-state index contributed by atoms with van der Waals surface area (Å²) in [5.74, 6) is -2.25. The van der Waals surface area contributed by atoms with Gasteiger partial charge in [-0.3, -0.25) is 4.79 Å². The van der Waals surface area contributed by atoms with E-state index < -0.39 is 29.2 Å². The summed E-state index contributed by atoms with van der Waals surface area (Å²) >= 11 is 0.